The van der Waals surface area contributed by atoms with E-state index in [1.54, 1.807) is 0 Å². The highest BCUT2D eigenvalue weighted by Gasteiger charge is 2.23. The molecule has 0 radical (unpaired) electrons. The van der Waals surface area contributed by atoms with Gasteiger partial charge in [-0.1, -0.05) is 60.7 Å². The second kappa shape index (κ2) is 11.2. The summed E-state index contributed by atoms with van der Waals surface area (Å²) < 4.78 is 8.36. The van der Waals surface area contributed by atoms with E-state index in [0.29, 0.717) is 25.6 Å². The zero-order chi connectivity index (χ0) is 23.9. The van der Waals surface area contributed by atoms with Crippen LogP contribution in [0.25, 0.3) is 11.0 Å². The topological polar surface area (TPSA) is 59.4 Å². The van der Waals surface area contributed by atoms with Crippen LogP contribution in [0.15, 0.2) is 84.9 Å². The molecule has 5 rings (SSSR count). The van der Waals surface area contributed by atoms with Crippen molar-refractivity contribution in [1.82, 2.24) is 19.8 Å². The number of rotatable bonds is 9. The number of aromatic nitrogens is 2. The second-order valence-electron chi connectivity index (χ2n) is 9.21. The van der Waals surface area contributed by atoms with Crippen molar-refractivity contribution in [3.05, 3.63) is 96.3 Å². The van der Waals surface area contributed by atoms with E-state index in [1.165, 1.54) is 0 Å². The molecule has 0 aliphatic carbocycles. The lowest BCUT2D eigenvalue weighted by Crippen LogP contribution is -2.42. The van der Waals surface area contributed by atoms with Gasteiger partial charge >= 0.3 is 0 Å². The van der Waals surface area contributed by atoms with Gasteiger partial charge in [-0.25, -0.2) is 4.98 Å². The largest absolute Gasteiger partial charge is 0.486 e. The average Bonchev–Trinajstić information content (AvgIpc) is 3.26. The number of benzene rings is 3. The maximum Gasteiger partial charge on any atom is 0.234 e. The van der Waals surface area contributed by atoms with Crippen molar-refractivity contribution in [2.45, 2.75) is 32.5 Å². The van der Waals surface area contributed by atoms with Crippen LogP contribution in [0, 0.1) is 5.92 Å². The minimum Gasteiger partial charge on any atom is -0.486 e. The third-order valence-corrected chi connectivity index (χ3v) is 6.69. The van der Waals surface area contributed by atoms with E-state index in [2.05, 4.69) is 33.0 Å². The minimum absolute atomic E-state index is 0.0910. The molecule has 1 amide bonds. The predicted octanol–water partition coefficient (Wildman–Crippen LogP) is 4.64. The molecule has 0 saturated carbocycles. The molecule has 6 heteroatoms. The summed E-state index contributed by atoms with van der Waals surface area (Å²) in [6.07, 6.45) is 2.13. The van der Waals surface area contributed by atoms with Crippen molar-refractivity contribution in [2.75, 3.05) is 19.6 Å². The molecule has 1 fully saturated rings. The Morgan fingerprint density at radius 1 is 0.914 bits per heavy atom. The van der Waals surface area contributed by atoms with E-state index in [4.69, 9.17) is 9.72 Å². The Labute approximate surface area is 206 Å². The number of amides is 1. The first kappa shape index (κ1) is 23.1. The van der Waals surface area contributed by atoms with E-state index < -0.39 is 0 Å². The fraction of sp³-hybridized carbons (Fsp3) is 0.310. The smallest absolute Gasteiger partial charge is 0.234 e. The molecule has 1 aliphatic rings. The lowest BCUT2D eigenvalue weighted by atomic mass is 9.96. The van der Waals surface area contributed by atoms with Crippen LogP contribution >= 0.6 is 0 Å². The number of carbonyl (C=O) groups is 1. The van der Waals surface area contributed by atoms with Gasteiger partial charge in [0.15, 0.2) is 0 Å². The minimum atomic E-state index is 0.0910. The molecular weight excluding hydrogens is 436 g/mol. The quantitative estimate of drug-likeness (QED) is 0.389. The molecule has 0 spiro atoms. The van der Waals surface area contributed by atoms with Gasteiger partial charge in [0.1, 0.15) is 18.2 Å². The summed E-state index contributed by atoms with van der Waals surface area (Å²) in [5.41, 5.74) is 3.28. The molecule has 0 unspecified atom stereocenters. The van der Waals surface area contributed by atoms with Crippen molar-refractivity contribution in [2.24, 2.45) is 5.92 Å². The molecule has 0 atom stereocenters. The van der Waals surface area contributed by atoms with E-state index in [0.717, 1.165) is 60.6 Å². The summed E-state index contributed by atoms with van der Waals surface area (Å²) >= 11 is 0. The molecule has 0 bridgehead atoms. The Morgan fingerprint density at radius 3 is 2.37 bits per heavy atom. The fourth-order valence-corrected chi connectivity index (χ4v) is 4.74. The first-order chi connectivity index (χ1) is 17.2. The molecular formula is C29H32N4O2. The highest BCUT2D eigenvalue weighted by atomic mass is 16.5. The van der Waals surface area contributed by atoms with Crippen LogP contribution in [0.1, 0.15) is 24.2 Å². The fourth-order valence-electron chi connectivity index (χ4n) is 4.74. The van der Waals surface area contributed by atoms with Gasteiger partial charge in [0.05, 0.1) is 17.6 Å². The third-order valence-electron chi connectivity index (χ3n) is 6.69. The summed E-state index contributed by atoms with van der Waals surface area (Å²) in [4.78, 5) is 19.6. The maximum atomic E-state index is 12.4. The number of hydrogen-bond donors (Lipinski definition) is 1. The van der Waals surface area contributed by atoms with Crippen LogP contribution in [0.2, 0.25) is 0 Å². The summed E-state index contributed by atoms with van der Waals surface area (Å²) in [6, 6.07) is 28.2. The molecule has 1 N–H and O–H groups in total. The standard InChI is InChI=1S/C29H32N4O2/c34-29(30-19-23-9-3-1-4-10-23)21-32-17-15-24(16-18-32)20-33-27-14-8-7-13-26(27)31-28(33)22-35-25-11-5-2-6-12-25/h1-14,24H,15-22H2,(H,30,34). The van der Waals surface area contributed by atoms with Gasteiger partial charge < -0.3 is 14.6 Å². The normalized spacial score (nSPS) is 14.7. The van der Waals surface area contributed by atoms with Crippen molar-refractivity contribution in [3.8, 4) is 5.75 Å². The zero-order valence-electron chi connectivity index (χ0n) is 20.0. The third kappa shape index (κ3) is 6.08. The average molecular weight is 469 g/mol. The monoisotopic (exact) mass is 468 g/mol. The molecule has 4 aromatic rings. The predicted molar refractivity (Wildman–Crippen MR) is 138 cm³/mol. The van der Waals surface area contributed by atoms with Gasteiger partial charge in [-0.3, -0.25) is 9.69 Å². The van der Waals surface area contributed by atoms with Crippen LogP contribution < -0.4 is 10.1 Å². The second-order valence-corrected chi connectivity index (χ2v) is 9.21. The number of hydrogen-bond acceptors (Lipinski definition) is 4. The Balaban J connectivity index is 1.16. The van der Waals surface area contributed by atoms with Crippen LogP contribution in [0.4, 0.5) is 0 Å². The van der Waals surface area contributed by atoms with Gasteiger partial charge in [0, 0.05) is 13.1 Å². The zero-order valence-corrected chi connectivity index (χ0v) is 20.0. The molecule has 1 aromatic heterocycles. The Hall–Kier alpha value is -3.64. The van der Waals surface area contributed by atoms with Crippen LogP contribution in [0.3, 0.4) is 0 Å². The molecule has 1 saturated heterocycles. The number of para-hydroxylation sites is 3. The van der Waals surface area contributed by atoms with E-state index in [9.17, 15) is 4.79 Å². The number of piperidine rings is 1. The lowest BCUT2D eigenvalue weighted by Gasteiger charge is -2.32. The summed E-state index contributed by atoms with van der Waals surface area (Å²) in [7, 11) is 0. The van der Waals surface area contributed by atoms with Crippen LogP contribution in [0.5, 0.6) is 5.75 Å². The van der Waals surface area contributed by atoms with Crippen LogP contribution in [-0.2, 0) is 24.5 Å². The van der Waals surface area contributed by atoms with Crippen molar-refractivity contribution >= 4 is 16.9 Å². The van der Waals surface area contributed by atoms with Crippen molar-refractivity contribution < 1.29 is 9.53 Å². The number of nitrogens with zero attached hydrogens (tertiary/aromatic N) is 3. The number of imidazole rings is 1. The molecule has 1 aliphatic heterocycles. The molecule has 3 aromatic carbocycles. The Kier molecular flexibility index (Phi) is 7.39. The number of carbonyl (C=O) groups excluding carboxylic acids is 1. The first-order valence-electron chi connectivity index (χ1n) is 12.4. The highest BCUT2D eigenvalue weighted by molar-refractivity contribution is 5.78. The Morgan fingerprint density at radius 2 is 1.60 bits per heavy atom. The molecule has 2 heterocycles. The van der Waals surface area contributed by atoms with Gasteiger partial charge in [-0.2, -0.15) is 0 Å². The van der Waals surface area contributed by atoms with Gasteiger partial charge in [-0.05, 0) is 61.7 Å². The summed E-state index contributed by atoms with van der Waals surface area (Å²) in [5.74, 6) is 2.45. The van der Waals surface area contributed by atoms with Gasteiger partial charge in [-0.15, -0.1) is 0 Å². The number of nitrogens with one attached hydrogen (secondary N) is 1. The van der Waals surface area contributed by atoms with Gasteiger partial charge in [0.2, 0.25) is 5.91 Å². The number of likely N-dealkylation sites (tertiary alicyclic amines) is 1. The SMILES string of the molecule is O=C(CN1CCC(Cn2c(COc3ccccc3)nc3ccccc32)CC1)NCc1ccccc1. The van der Waals surface area contributed by atoms with Crippen LogP contribution in [-0.4, -0.2) is 40.0 Å². The first-order valence-corrected chi connectivity index (χ1v) is 12.4. The highest BCUT2D eigenvalue weighted by Crippen LogP contribution is 2.24. The number of fused-ring (bicyclic) bond motifs is 1. The van der Waals surface area contributed by atoms with E-state index in [1.807, 2.05) is 66.7 Å². The summed E-state index contributed by atoms with van der Waals surface area (Å²) in [5, 5.41) is 3.04. The molecule has 35 heavy (non-hydrogen) atoms. The lowest BCUT2D eigenvalue weighted by molar-refractivity contribution is -0.122. The van der Waals surface area contributed by atoms with Crippen molar-refractivity contribution in [3.63, 3.8) is 0 Å². The Bertz CT molecular complexity index is 1230. The van der Waals surface area contributed by atoms with E-state index >= 15 is 0 Å². The molecule has 180 valence electrons. The van der Waals surface area contributed by atoms with Crippen molar-refractivity contribution in [1.29, 1.82) is 0 Å². The number of ether oxygens (including phenoxy) is 1. The maximum absolute atomic E-state index is 12.4. The van der Waals surface area contributed by atoms with E-state index in [-0.39, 0.29) is 5.91 Å². The molecule has 6 nitrogen and oxygen atoms in total. The summed E-state index contributed by atoms with van der Waals surface area (Å²) in [6.45, 7) is 4.28. The van der Waals surface area contributed by atoms with Gasteiger partial charge in [0.25, 0.3) is 0 Å².